The minimum absolute atomic E-state index is 0.0263. The molecule has 0 aliphatic rings. The molecule has 1 aromatic heterocycles. The second kappa shape index (κ2) is 8.99. The molecule has 1 amide bonds. The quantitative estimate of drug-likeness (QED) is 0.578. The number of aliphatic carboxylic acids is 1. The summed E-state index contributed by atoms with van der Waals surface area (Å²) in [5, 5.41) is 11.9. The number of carboxylic acids is 1. The largest absolute Gasteiger partial charge is 0.481 e. The Balaban J connectivity index is 1.93. The summed E-state index contributed by atoms with van der Waals surface area (Å²) in [6.45, 7) is 1.80. The predicted octanol–water partition coefficient (Wildman–Crippen LogP) is 5.02. The Labute approximate surface area is 176 Å². The molecule has 1 heterocycles. The van der Waals surface area contributed by atoms with E-state index >= 15 is 0 Å². The van der Waals surface area contributed by atoms with E-state index in [0.717, 1.165) is 11.6 Å². The van der Waals surface area contributed by atoms with Gasteiger partial charge in [-0.3, -0.25) is 14.6 Å². The van der Waals surface area contributed by atoms with Gasteiger partial charge in [0.1, 0.15) is 0 Å². The predicted molar refractivity (Wildman–Crippen MR) is 108 cm³/mol. The van der Waals surface area contributed by atoms with Crippen LogP contribution in [0.4, 0.5) is 13.2 Å². The SMILES string of the molecule is Cc1ccccc1[C@H](CC(=O)O)NC(=O)c1cncc(-c2ccccc2C(F)(F)F)c1. The molecule has 160 valence electrons. The maximum absolute atomic E-state index is 13.4. The molecule has 8 heteroatoms. The van der Waals surface area contributed by atoms with Crippen LogP contribution in [-0.2, 0) is 11.0 Å². The first-order chi connectivity index (χ1) is 14.7. The number of carbonyl (C=O) groups excluding carboxylic acids is 1. The lowest BCUT2D eigenvalue weighted by atomic mass is 9.97. The van der Waals surface area contributed by atoms with Crippen molar-refractivity contribution in [2.75, 3.05) is 0 Å². The van der Waals surface area contributed by atoms with E-state index in [9.17, 15) is 27.9 Å². The number of nitrogens with zero attached hydrogens (tertiary/aromatic N) is 1. The lowest BCUT2D eigenvalue weighted by Crippen LogP contribution is -2.30. The van der Waals surface area contributed by atoms with E-state index in [0.29, 0.717) is 5.56 Å². The van der Waals surface area contributed by atoms with Gasteiger partial charge >= 0.3 is 12.1 Å². The van der Waals surface area contributed by atoms with Gasteiger partial charge in [-0.05, 0) is 35.7 Å². The monoisotopic (exact) mass is 428 g/mol. The molecule has 1 atom stereocenters. The molecule has 0 saturated heterocycles. The highest BCUT2D eigenvalue weighted by molar-refractivity contribution is 5.95. The number of carboxylic acid groups (broad SMARTS) is 1. The van der Waals surface area contributed by atoms with E-state index in [1.807, 2.05) is 0 Å². The molecule has 0 fully saturated rings. The third-order valence-electron chi connectivity index (χ3n) is 4.79. The molecular weight excluding hydrogens is 409 g/mol. The highest BCUT2D eigenvalue weighted by Gasteiger charge is 2.33. The molecule has 5 nitrogen and oxygen atoms in total. The maximum Gasteiger partial charge on any atom is 0.417 e. The molecule has 3 aromatic rings. The molecule has 31 heavy (non-hydrogen) atoms. The van der Waals surface area contributed by atoms with Gasteiger partial charge in [0.2, 0.25) is 0 Å². The number of amides is 1. The summed E-state index contributed by atoms with van der Waals surface area (Å²) in [5.41, 5.74) is 0.672. The standard InChI is InChI=1S/C23H19F3N2O3/c1-14-6-2-3-7-17(14)20(11-21(29)30)28-22(31)16-10-15(12-27-13-16)18-8-4-5-9-19(18)23(24,25)26/h2-10,12-13,20H,11H2,1H3,(H,28,31)(H,29,30)/t20-/m0/s1. The molecule has 0 radical (unpaired) electrons. The number of rotatable bonds is 6. The number of aromatic nitrogens is 1. The number of halogens is 3. The van der Waals surface area contributed by atoms with Crippen LogP contribution in [0.2, 0.25) is 0 Å². The van der Waals surface area contributed by atoms with E-state index in [4.69, 9.17) is 0 Å². The highest BCUT2D eigenvalue weighted by atomic mass is 19.4. The summed E-state index contributed by atoms with van der Waals surface area (Å²) in [5.74, 6) is -1.73. The van der Waals surface area contributed by atoms with E-state index in [1.165, 1.54) is 36.7 Å². The molecule has 0 aliphatic carbocycles. The van der Waals surface area contributed by atoms with Crippen LogP contribution < -0.4 is 5.32 Å². The zero-order chi connectivity index (χ0) is 22.6. The molecule has 2 N–H and O–H groups in total. The number of hydrogen-bond acceptors (Lipinski definition) is 3. The Hall–Kier alpha value is -3.68. The van der Waals surface area contributed by atoms with Crippen molar-refractivity contribution in [1.29, 1.82) is 0 Å². The third-order valence-corrected chi connectivity index (χ3v) is 4.79. The Kier molecular flexibility index (Phi) is 6.39. The van der Waals surface area contributed by atoms with Crippen LogP contribution in [0, 0.1) is 6.92 Å². The summed E-state index contributed by atoms with van der Waals surface area (Å²) in [4.78, 5) is 28.1. The fourth-order valence-electron chi connectivity index (χ4n) is 3.33. The minimum Gasteiger partial charge on any atom is -0.481 e. The van der Waals surface area contributed by atoms with Gasteiger partial charge in [-0.2, -0.15) is 13.2 Å². The first-order valence-corrected chi connectivity index (χ1v) is 9.36. The Morgan fingerprint density at radius 1 is 1.06 bits per heavy atom. The third kappa shape index (κ3) is 5.28. The van der Waals surface area contributed by atoms with E-state index < -0.39 is 29.7 Å². The van der Waals surface area contributed by atoms with Crippen molar-refractivity contribution < 1.29 is 27.9 Å². The summed E-state index contributed by atoms with van der Waals surface area (Å²) in [7, 11) is 0. The van der Waals surface area contributed by atoms with E-state index in [1.54, 1.807) is 31.2 Å². The van der Waals surface area contributed by atoms with Gasteiger partial charge in [-0.1, -0.05) is 42.5 Å². The van der Waals surface area contributed by atoms with Crippen LogP contribution >= 0.6 is 0 Å². The van der Waals surface area contributed by atoms with Crippen molar-refractivity contribution in [1.82, 2.24) is 10.3 Å². The fraction of sp³-hybridized carbons (Fsp3) is 0.174. The van der Waals surface area contributed by atoms with Crippen molar-refractivity contribution >= 4 is 11.9 Å². The van der Waals surface area contributed by atoms with Gasteiger partial charge in [0.05, 0.1) is 23.6 Å². The second-order valence-electron chi connectivity index (χ2n) is 6.99. The topological polar surface area (TPSA) is 79.3 Å². The van der Waals surface area contributed by atoms with Crippen LogP contribution in [0.25, 0.3) is 11.1 Å². The Bertz CT molecular complexity index is 1110. The number of nitrogens with one attached hydrogen (secondary N) is 1. The molecule has 3 rings (SSSR count). The lowest BCUT2D eigenvalue weighted by Gasteiger charge is -2.20. The number of hydrogen-bond donors (Lipinski definition) is 2. The normalized spacial score (nSPS) is 12.3. The number of benzene rings is 2. The fourth-order valence-corrected chi connectivity index (χ4v) is 3.33. The van der Waals surface area contributed by atoms with Gasteiger partial charge in [0.15, 0.2) is 0 Å². The van der Waals surface area contributed by atoms with Crippen molar-refractivity contribution in [2.24, 2.45) is 0 Å². The number of aryl methyl sites for hydroxylation is 1. The molecule has 0 bridgehead atoms. The van der Waals surface area contributed by atoms with E-state index in [2.05, 4.69) is 10.3 Å². The number of pyridine rings is 1. The van der Waals surface area contributed by atoms with Gasteiger partial charge in [0.25, 0.3) is 5.91 Å². The summed E-state index contributed by atoms with van der Waals surface area (Å²) in [6, 6.07) is 12.6. The molecule has 0 unspecified atom stereocenters. The maximum atomic E-state index is 13.4. The molecule has 0 aliphatic heterocycles. The van der Waals surface area contributed by atoms with Gasteiger partial charge in [-0.15, -0.1) is 0 Å². The van der Waals surface area contributed by atoms with Crippen LogP contribution in [0.3, 0.4) is 0 Å². The molecule has 0 spiro atoms. The van der Waals surface area contributed by atoms with Crippen LogP contribution in [0.5, 0.6) is 0 Å². The molecule has 2 aromatic carbocycles. The zero-order valence-electron chi connectivity index (χ0n) is 16.5. The van der Waals surface area contributed by atoms with Crippen molar-refractivity contribution in [3.05, 3.63) is 89.2 Å². The Morgan fingerprint density at radius 3 is 2.42 bits per heavy atom. The average molecular weight is 428 g/mol. The van der Waals surface area contributed by atoms with Gasteiger partial charge < -0.3 is 10.4 Å². The smallest absolute Gasteiger partial charge is 0.417 e. The number of carbonyl (C=O) groups is 2. The van der Waals surface area contributed by atoms with Crippen LogP contribution in [0.15, 0.2) is 67.0 Å². The first kappa shape index (κ1) is 22.0. The summed E-state index contributed by atoms with van der Waals surface area (Å²) >= 11 is 0. The Morgan fingerprint density at radius 2 is 1.74 bits per heavy atom. The highest BCUT2D eigenvalue weighted by Crippen LogP contribution is 2.36. The average Bonchev–Trinajstić information content (AvgIpc) is 2.73. The van der Waals surface area contributed by atoms with Crippen molar-refractivity contribution in [3.63, 3.8) is 0 Å². The molecule has 0 saturated carbocycles. The lowest BCUT2D eigenvalue weighted by molar-refractivity contribution is -0.138. The summed E-state index contributed by atoms with van der Waals surface area (Å²) in [6.07, 6.45) is -2.44. The van der Waals surface area contributed by atoms with Crippen LogP contribution in [0.1, 0.15) is 39.5 Å². The van der Waals surface area contributed by atoms with Crippen LogP contribution in [-0.4, -0.2) is 22.0 Å². The second-order valence-corrected chi connectivity index (χ2v) is 6.99. The first-order valence-electron chi connectivity index (χ1n) is 9.36. The zero-order valence-corrected chi connectivity index (χ0v) is 16.5. The van der Waals surface area contributed by atoms with Gasteiger partial charge in [0, 0.05) is 18.0 Å². The van der Waals surface area contributed by atoms with Crippen molar-refractivity contribution in [3.8, 4) is 11.1 Å². The van der Waals surface area contributed by atoms with E-state index in [-0.39, 0.29) is 23.1 Å². The van der Waals surface area contributed by atoms with Gasteiger partial charge in [-0.25, -0.2) is 0 Å². The minimum atomic E-state index is -4.56. The van der Waals surface area contributed by atoms with Crippen molar-refractivity contribution in [2.45, 2.75) is 25.6 Å². The number of alkyl halides is 3. The summed E-state index contributed by atoms with van der Waals surface area (Å²) < 4.78 is 40.1. The molecular formula is C23H19F3N2O3.